The van der Waals surface area contributed by atoms with E-state index in [4.69, 9.17) is 16.1 Å². The van der Waals surface area contributed by atoms with Gasteiger partial charge in [-0.2, -0.15) is 0 Å². The molecule has 0 aromatic carbocycles. The van der Waals surface area contributed by atoms with Gasteiger partial charge in [0.25, 0.3) is 0 Å². The van der Waals surface area contributed by atoms with Gasteiger partial charge in [-0.3, -0.25) is 39.4 Å². The molecule has 160 valence electrons. The summed E-state index contributed by atoms with van der Waals surface area (Å²) in [7, 11) is 0. The molecule has 0 saturated carbocycles. The van der Waals surface area contributed by atoms with Crippen LogP contribution < -0.4 is 11.3 Å². The van der Waals surface area contributed by atoms with Crippen LogP contribution >= 0.6 is 0 Å². The maximum absolute atomic E-state index is 11.7. The van der Waals surface area contributed by atoms with Gasteiger partial charge >= 0.3 is 11.9 Å². The third kappa shape index (κ3) is 10.3. The van der Waals surface area contributed by atoms with Crippen LogP contribution in [0.5, 0.6) is 0 Å². The molecule has 1 amide bonds. The van der Waals surface area contributed by atoms with Crippen LogP contribution in [0.1, 0.15) is 0 Å². The Balaban J connectivity index is 2.88. The number of aldehydes is 1. The number of carboxylic acids is 2. The molecule has 1 heterocycles. The van der Waals surface area contributed by atoms with Gasteiger partial charge in [0.05, 0.1) is 26.2 Å². The summed E-state index contributed by atoms with van der Waals surface area (Å²) in [6.07, 6.45) is 0.780. The fourth-order valence-electron chi connectivity index (χ4n) is 2.97. The number of carbonyl (C=O) groups excluding carboxylic acids is 2. The van der Waals surface area contributed by atoms with Gasteiger partial charge < -0.3 is 15.0 Å². The number of nitrogens with one attached hydrogen (secondary N) is 1. The number of amides is 1. The lowest BCUT2D eigenvalue weighted by Crippen LogP contribution is -2.50. The summed E-state index contributed by atoms with van der Waals surface area (Å²) >= 11 is 0. The normalized spacial score (nSPS) is 19.3. The Labute approximate surface area is 163 Å². The van der Waals surface area contributed by atoms with Crippen LogP contribution in [-0.2, 0) is 19.2 Å². The third-order valence-electron chi connectivity index (χ3n) is 4.51. The number of hydrogen-bond acceptors (Lipinski definition) is 9. The quantitative estimate of drug-likeness (QED) is 0.138. The van der Waals surface area contributed by atoms with Crippen LogP contribution in [-0.4, -0.2) is 132 Å². The summed E-state index contributed by atoms with van der Waals surface area (Å²) in [6, 6.07) is 0. The number of carboxylic acid groups (broad SMARTS) is 2. The summed E-state index contributed by atoms with van der Waals surface area (Å²) in [5.74, 6) is 2.88. The largest absolute Gasteiger partial charge is 0.480 e. The fourth-order valence-corrected chi connectivity index (χ4v) is 2.97. The zero-order valence-electron chi connectivity index (χ0n) is 16.0. The summed E-state index contributed by atoms with van der Waals surface area (Å²) < 4.78 is 0. The van der Waals surface area contributed by atoms with Crippen molar-refractivity contribution >= 4 is 24.1 Å². The van der Waals surface area contributed by atoms with Crippen LogP contribution in [0.25, 0.3) is 0 Å². The molecule has 0 unspecified atom stereocenters. The molecule has 0 bridgehead atoms. The average molecular weight is 402 g/mol. The SMILES string of the molecule is NNC(=O)CN1CCN(CC(=O)O)CCN(CC=O)CCN(CC(=O)O)CC1. The van der Waals surface area contributed by atoms with Crippen LogP contribution in [0.15, 0.2) is 0 Å². The van der Waals surface area contributed by atoms with E-state index in [0.29, 0.717) is 52.4 Å². The van der Waals surface area contributed by atoms with E-state index in [9.17, 15) is 19.2 Å². The van der Waals surface area contributed by atoms with Crippen LogP contribution in [0.3, 0.4) is 0 Å². The van der Waals surface area contributed by atoms with Crippen molar-refractivity contribution in [3.63, 3.8) is 0 Å². The van der Waals surface area contributed by atoms with Gasteiger partial charge in [-0.1, -0.05) is 0 Å². The highest BCUT2D eigenvalue weighted by Crippen LogP contribution is 2.01. The minimum absolute atomic E-state index is 0.0373. The van der Waals surface area contributed by atoms with Crippen LogP contribution in [0.4, 0.5) is 0 Å². The molecule has 0 radical (unpaired) electrons. The molecule has 0 aromatic heterocycles. The Morgan fingerprint density at radius 3 is 1.43 bits per heavy atom. The molecule has 28 heavy (non-hydrogen) atoms. The van der Waals surface area contributed by atoms with E-state index < -0.39 is 11.9 Å². The van der Waals surface area contributed by atoms with E-state index in [2.05, 4.69) is 5.43 Å². The van der Waals surface area contributed by atoms with Crippen molar-refractivity contribution in [2.24, 2.45) is 5.84 Å². The van der Waals surface area contributed by atoms with E-state index in [1.807, 2.05) is 9.80 Å². The minimum atomic E-state index is -0.951. The zero-order chi connectivity index (χ0) is 20.9. The zero-order valence-corrected chi connectivity index (χ0v) is 16.0. The van der Waals surface area contributed by atoms with Crippen molar-refractivity contribution in [3.05, 3.63) is 0 Å². The predicted octanol–water partition coefficient (Wildman–Crippen LogP) is -3.43. The second kappa shape index (κ2) is 13.1. The molecule has 1 fully saturated rings. The van der Waals surface area contributed by atoms with E-state index >= 15 is 0 Å². The molecule has 0 spiro atoms. The fraction of sp³-hybridized carbons (Fsp3) is 0.750. The molecule has 0 atom stereocenters. The topological polar surface area (TPSA) is 160 Å². The number of nitrogens with zero attached hydrogens (tertiary/aromatic N) is 4. The highest BCUT2D eigenvalue weighted by molar-refractivity contribution is 5.77. The maximum Gasteiger partial charge on any atom is 0.317 e. The Hall–Kier alpha value is -2.12. The van der Waals surface area contributed by atoms with Gasteiger partial charge in [0, 0.05) is 52.4 Å². The average Bonchev–Trinajstić information content (AvgIpc) is 2.62. The molecule has 1 aliphatic rings. The summed E-state index contributed by atoms with van der Waals surface area (Å²) in [6.45, 7) is 3.48. The van der Waals surface area contributed by atoms with Crippen LogP contribution in [0.2, 0.25) is 0 Å². The first-order valence-corrected chi connectivity index (χ1v) is 9.10. The van der Waals surface area contributed by atoms with Gasteiger partial charge in [0.1, 0.15) is 6.29 Å². The standard InChI is InChI=1S/C16H30N6O6/c17-18-14(24)11-20-5-7-21(12-15(25)26)3-1-19(9-10-23)2-4-22(8-6-20)13-16(27)28/h10H,1-9,11-13,17H2,(H,18,24)(H,25,26)(H,27,28). The van der Waals surface area contributed by atoms with Gasteiger partial charge in [-0.15, -0.1) is 0 Å². The number of hydrogen-bond donors (Lipinski definition) is 4. The highest BCUT2D eigenvalue weighted by atomic mass is 16.4. The van der Waals surface area contributed by atoms with E-state index in [0.717, 1.165) is 6.29 Å². The summed E-state index contributed by atoms with van der Waals surface area (Å²) in [5.41, 5.74) is 2.07. The van der Waals surface area contributed by atoms with E-state index in [1.54, 1.807) is 9.80 Å². The molecule has 1 rings (SSSR count). The second-order valence-electron chi connectivity index (χ2n) is 6.65. The Bertz CT molecular complexity index is 502. The van der Waals surface area contributed by atoms with E-state index in [1.165, 1.54) is 0 Å². The predicted molar refractivity (Wildman–Crippen MR) is 99.4 cm³/mol. The number of aliphatic carboxylic acids is 2. The third-order valence-corrected chi connectivity index (χ3v) is 4.51. The lowest BCUT2D eigenvalue weighted by molar-refractivity contribution is -0.139. The number of carbonyl (C=O) groups is 4. The molecule has 12 nitrogen and oxygen atoms in total. The Morgan fingerprint density at radius 2 is 1.11 bits per heavy atom. The minimum Gasteiger partial charge on any atom is -0.480 e. The summed E-state index contributed by atoms with van der Waals surface area (Å²) in [5, 5.41) is 18.2. The van der Waals surface area contributed by atoms with Crippen molar-refractivity contribution in [3.8, 4) is 0 Å². The number of rotatable bonds is 8. The Kier molecular flexibility index (Phi) is 11.2. The first-order chi connectivity index (χ1) is 13.3. The highest BCUT2D eigenvalue weighted by Gasteiger charge is 2.19. The Morgan fingerprint density at radius 1 is 0.750 bits per heavy atom. The second-order valence-corrected chi connectivity index (χ2v) is 6.65. The molecular formula is C16H30N6O6. The molecule has 1 aliphatic heterocycles. The monoisotopic (exact) mass is 402 g/mol. The van der Waals surface area contributed by atoms with Gasteiger partial charge in [0.15, 0.2) is 0 Å². The van der Waals surface area contributed by atoms with Crippen LogP contribution in [0, 0.1) is 0 Å². The lowest BCUT2D eigenvalue weighted by Gasteiger charge is -2.32. The maximum atomic E-state index is 11.7. The molecule has 5 N–H and O–H groups in total. The van der Waals surface area contributed by atoms with Crippen molar-refractivity contribution in [2.75, 3.05) is 78.5 Å². The smallest absolute Gasteiger partial charge is 0.317 e. The lowest BCUT2D eigenvalue weighted by atomic mass is 10.3. The van der Waals surface area contributed by atoms with Crippen molar-refractivity contribution < 1.29 is 29.4 Å². The molecule has 0 aromatic rings. The number of hydrazine groups is 1. The molecule has 0 aliphatic carbocycles. The first kappa shape index (κ1) is 23.9. The first-order valence-electron chi connectivity index (χ1n) is 9.10. The van der Waals surface area contributed by atoms with Crippen molar-refractivity contribution in [1.82, 2.24) is 25.0 Å². The molecule has 1 saturated heterocycles. The summed E-state index contributed by atoms with van der Waals surface area (Å²) in [4.78, 5) is 52.0. The number of nitrogens with two attached hydrogens (primary N) is 1. The van der Waals surface area contributed by atoms with Crippen molar-refractivity contribution in [1.29, 1.82) is 0 Å². The van der Waals surface area contributed by atoms with Gasteiger partial charge in [0.2, 0.25) is 5.91 Å². The van der Waals surface area contributed by atoms with Gasteiger partial charge in [-0.05, 0) is 0 Å². The van der Waals surface area contributed by atoms with E-state index in [-0.39, 0.29) is 32.1 Å². The van der Waals surface area contributed by atoms with Crippen molar-refractivity contribution in [2.45, 2.75) is 0 Å². The molecular weight excluding hydrogens is 372 g/mol. The molecule has 12 heteroatoms. The van der Waals surface area contributed by atoms with Gasteiger partial charge in [-0.25, -0.2) is 5.84 Å².